The molecule has 1 aliphatic rings. The van der Waals surface area contributed by atoms with Crippen LogP contribution in [0, 0.1) is 5.92 Å². The molecule has 0 aromatic heterocycles. The molecule has 4 heteroatoms. The van der Waals surface area contributed by atoms with Crippen LogP contribution in [0.15, 0.2) is 54.6 Å². The van der Waals surface area contributed by atoms with E-state index in [9.17, 15) is 5.11 Å². The molecule has 0 amide bonds. The Balaban J connectivity index is 1.64. The van der Waals surface area contributed by atoms with E-state index in [1.807, 2.05) is 50.2 Å². The van der Waals surface area contributed by atoms with Crippen molar-refractivity contribution in [1.82, 2.24) is 0 Å². The summed E-state index contributed by atoms with van der Waals surface area (Å²) < 4.78 is 18.0. The molecule has 0 unspecified atom stereocenters. The van der Waals surface area contributed by atoms with Gasteiger partial charge in [-0.15, -0.1) is 0 Å². The lowest BCUT2D eigenvalue weighted by Crippen LogP contribution is -2.48. The van der Waals surface area contributed by atoms with E-state index in [4.69, 9.17) is 14.2 Å². The van der Waals surface area contributed by atoms with Crippen LogP contribution < -0.4 is 0 Å². The zero-order chi connectivity index (χ0) is 18.4. The molecule has 2 aromatic carbocycles. The second-order valence-corrected chi connectivity index (χ2v) is 7.26. The number of hydrogen-bond donors (Lipinski definition) is 1. The molecule has 1 saturated heterocycles. The van der Waals surface area contributed by atoms with E-state index in [0.29, 0.717) is 19.8 Å². The van der Waals surface area contributed by atoms with Crippen molar-refractivity contribution in [3.63, 3.8) is 0 Å². The molecule has 1 aliphatic heterocycles. The summed E-state index contributed by atoms with van der Waals surface area (Å²) in [6.45, 7) is 5.64. The summed E-state index contributed by atoms with van der Waals surface area (Å²) in [6.07, 6.45) is 0.751. The molecule has 26 heavy (non-hydrogen) atoms. The first-order valence-electron chi connectivity index (χ1n) is 9.18. The highest BCUT2D eigenvalue weighted by atomic mass is 16.7. The highest BCUT2D eigenvalue weighted by Gasteiger charge is 2.36. The fourth-order valence-corrected chi connectivity index (χ4v) is 3.33. The van der Waals surface area contributed by atoms with Crippen molar-refractivity contribution in [2.75, 3.05) is 13.2 Å². The summed E-state index contributed by atoms with van der Waals surface area (Å²) >= 11 is 0. The predicted molar refractivity (Wildman–Crippen MR) is 101 cm³/mol. The Bertz CT molecular complexity index is 684. The minimum atomic E-state index is -0.603. The third-order valence-electron chi connectivity index (χ3n) is 4.77. The van der Waals surface area contributed by atoms with Crippen molar-refractivity contribution in [2.24, 2.45) is 5.92 Å². The molecule has 0 saturated carbocycles. The van der Waals surface area contributed by atoms with Crippen LogP contribution in [-0.2, 0) is 33.8 Å². The first-order chi connectivity index (χ1) is 12.6. The number of aliphatic hydroxyl groups excluding tert-OH is 1. The molecular formula is C22H28O4. The summed E-state index contributed by atoms with van der Waals surface area (Å²) in [4.78, 5) is 0. The molecule has 4 nitrogen and oxygen atoms in total. The molecule has 2 atom stereocenters. The van der Waals surface area contributed by atoms with E-state index in [1.165, 1.54) is 0 Å². The average Bonchev–Trinajstić information content (AvgIpc) is 2.65. The first-order valence-corrected chi connectivity index (χ1v) is 9.18. The van der Waals surface area contributed by atoms with Gasteiger partial charge in [0.15, 0.2) is 5.79 Å². The van der Waals surface area contributed by atoms with Crippen molar-refractivity contribution < 1.29 is 19.3 Å². The summed E-state index contributed by atoms with van der Waals surface area (Å²) in [7, 11) is 0. The molecule has 0 radical (unpaired) electrons. The van der Waals surface area contributed by atoms with Gasteiger partial charge >= 0.3 is 0 Å². The van der Waals surface area contributed by atoms with Gasteiger partial charge < -0.3 is 19.3 Å². The second kappa shape index (κ2) is 8.78. The topological polar surface area (TPSA) is 47.9 Å². The fourth-order valence-electron chi connectivity index (χ4n) is 3.33. The maximum atomic E-state index is 9.58. The Morgan fingerprint density at radius 3 is 2.46 bits per heavy atom. The molecule has 0 bridgehead atoms. The number of ether oxygens (including phenoxy) is 3. The molecular weight excluding hydrogens is 328 g/mol. The Morgan fingerprint density at radius 2 is 1.73 bits per heavy atom. The van der Waals surface area contributed by atoms with E-state index in [0.717, 1.165) is 23.1 Å². The van der Waals surface area contributed by atoms with E-state index in [2.05, 4.69) is 18.2 Å². The van der Waals surface area contributed by atoms with Gasteiger partial charge in [-0.1, -0.05) is 54.6 Å². The van der Waals surface area contributed by atoms with Crippen LogP contribution in [0.1, 0.15) is 30.5 Å². The van der Waals surface area contributed by atoms with Crippen molar-refractivity contribution in [2.45, 2.75) is 45.4 Å². The molecule has 1 heterocycles. The van der Waals surface area contributed by atoms with Gasteiger partial charge in [0, 0.05) is 5.92 Å². The number of rotatable bonds is 7. The Kier molecular flexibility index (Phi) is 6.43. The van der Waals surface area contributed by atoms with Crippen molar-refractivity contribution in [3.8, 4) is 0 Å². The third-order valence-corrected chi connectivity index (χ3v) is 4.77. The lowest BCUT2D eigenvalue weighted by Gasteiger charge is -2.41. The molecule has 1 N–H and O–H groups in total. The van der Waals surface area contributed by atoms with Gasteiger partial charge in [0.05, 0.1) is 32.5 Å². The van der Waals surface area contributed by atoms with Gasteiger partial charge in [-0.05, 0) is 37.0 Å². The Morgan fingerprint density at radius 1 is 1.04 bits per heavy atom. The molecule has 0 aliphatic carbocycles. The maximum Gasteiger partial charge on any atom is 0.163 e. The van der Waals surface area contributed by atoms with Crippen LogP contribution in [0.2, 0.25) is 0 Å². The molecule has 140 valence electrons. The molecule has 3 rings (SSSR count). The van der Waals surface area contributed by atoms with Gasteiger partial charge in [-0.2, -0.15) is 0 Å². The Labute approximate surface area is 155 Å². The summed E-state index contributed by atoms with van der Waals surface area (Å²) in [6, 6.07) is 18.1. The van der Waals surface area contributed by atoms with Crippen LogP contribution in [0.3, 0.4) is 0 Å². The van der Waals surface area contributed by atoms with Crippen LogP contribution in [-0.4, -0.2) is 30.2 Å². The van der Waals surface area contributed by atoms with Crippen LogP contribution in [0.5, 0.6) is 0 Å². The minimum Gasteiger partial charge on any atom is -0.392 e. The first kappa shape index (κ1) is 19.1. The third kappa shape index (κ3) is 5.15. The Hall–Kier alpha value is -1.72. The van der Waals surface area contributed by atoms with Crippen LogP contribution >= 0.6 is 0 Å². The number of aliphatic hydroxyl groups is 1. The van der Waals surface area contributed by atoms with Gasteiger partial charge in [0.2, 0.25) is 0 Å². The molecule has 1 fully saturated rings. The lowest BCUT2D eigenvalue weighted by atomic mass is 9.91. The quantitative estimate of drug-likeness (QED) is 0.822. The van der Waals surface area contributed by atoms with Gasteiger partial charge in [-0.3, -0.25) is 0 Å². The summed E-state index contributed by atoms with van der Waals surface area (Å²) in [5.74, 6) is -0.417. The van der Waals surface area contributed by atoms with Gasteiger partial charge in [0.1, 0.15) is 0 Å². The standard InChI is InChI=1S/C22H28O4/c1-22(2)25-15-20(12-18-10-6-7-11-19(18)13-23)21(26-22)16-24-14-17-8-4-3-5-9-17/h3-11,20-21,23H,12-16H2,1-2H3/t20-,21-/m1/s1. The zero-order valence-corrected chi connectivity index (χ0v) is 15.6. The molecule has 0 spiro atoms. The average molecular weight is 356 g/mol. The summed E-state index contributed by atoms with van der Waals surface area (Å²) in [5.41, 5.74) is 3.25. The van der Waals surface area contributed by atoms with Crippen LogP contribution in [0.25, 0.3) is 0 Å². The monoisotopic (exact) mass is 356 g/mol. The maximum absolute atomic E-state index is 9.58. The van der Waals surface area contributed by atoms with Crippen molar-refractivity contribution >= 4 is 0 Å². The second-order valence-electron chi connectivity index (χ2n) is 7.26. The minimum absolute atomic E-state index is 0.0469. The lowest BCUT2D eigenvalue weighted by molar-refractivity contribution is -0.300. The number of benzene rings is 2. The van der Waals surface area contributed by atoms with Gasteiger partial charge in [0.25, 0.3) is 0 Å². The van der Waals surface area contributed by atoms with E-state index >= 15 is 0 Å². The fraction of sp³-hybridized carbons (Fsp3) is 0.455. The summed E-state index contributed by atoms with van der Waals surface area (Å²) in [5, 5.41) is 9.58. The van der Waals surface area contributed by atoms with Crippen LogP contribution in [0.4, 0.5) is 0 Å². The predicted octanol–water partition coefficient (Wildman–Crippen LogP) is 3.71. The zero-order valence-electron chi connectivity index (χ0n) is 15.6. The van der Waals surface area contributed by atoms with Crippen molar-refractivity contribution in [1.29, 1.82) is 0 Å². The highest BCUT2D eigenvalue weighted by molar-refractivity contribution is 5.27. The van der Waals surface area contributed by atoms with E-state index in [1.54, 1.807) is 0 Å². The normalized spacial score (nSPS) is 22.3. The largest absolute Gasteiger partial charge is 0.392 e. The van der Waals surface area contributed by atoms with Gasteiger partial charge in [-0.25, -0.2) is 0 Å². The van der Waals surface area contributed by atoms with E-state index < -0.39 is 5.79 Å². The SMILES string of the molecule is CC1(C)OC[C@@H](Cc2ccccc2CO)[C@@H](COCc2ccccc2)O1. The highest BCUT2D eigenvalue weighted by Crippen LogP contribution is 2.29. The van der Waals surface area contributed by atoms with Crippen molar-refractivity contribution in [3.05, 3.63) is 71.3 Å². The number of hydrogen-bond acceptors (Lipinski definition) is 4. The van der Waals surface area contributed by atoms with E-state index in [-0.39, 0.29) is 18.6 Å². The smallest absolute Gasteiger partial charge is 0.163 e. The molecule has 2 aromatic rings.